The van der Waals surface area contributed by atoms with E-state index in [1.807, 2.05) is 0 Å². The summed E-state index contributed by atoms with van der Waals surface area (Å²) < 4.78 is 46.2. The van der Waals surface area contributed by atoms with Gasteiger partial charge < -0.3 is 19.9 Å². The Balaban J connectivity index is 2.02. The van der Waals surface area contributed by atoms with Gasteiger partial charge in [-0.15, -0.1) is 13.2 Å². The van der Waals surface area contributed by atoms with Gasteiger partial charge in [-0.05, 0) is 43.3 Å². The topological polar surface area (TPSA) is 106 Å². The summed E-state index contributed by atoms with van der Waals surface area (Å²) in [5.41, 5.74) is 1.24. The molecule has 0 aliphatic heterocycles. The van der Waals surface area contributed by atoms with Crippen LogP contribution in [0.15, 0.2) is 48.7 Å². The molecule has 0 saturated heterocycles. The van der Waals surface area contributed by atoms with Crippen LogP contribution in [0.3, 0.4) is 0 Å². The Hall–Kier alpha value is -3.73. The number of alkyl halides is 3. The Morgan fingerprint density at radius 3 is 2.38 bits per heavy atom. The first kappa shape index (κ1) is 22.9. The molecule has 11 heteroatoms. The smallest absolute Gasteiger partial charge is 0.481 e. The van der Waals surface area contributed by atoms with Gasteiger partial charge >= 0.3 is 6.36 Å². The Labute approximate surface area is 181 Å². The number of pyridine rings is 1. The highest BCUT2D eigenvalue weighted by Crippen LogP contribution is 2.27. The van der Waals surface area contributed by atoms with Crippen LogP contribution in [-0.2, 0) is 0 Å². The number of methoxy groups -OCH3 is 1. The lowest BCUT2D eigenvalue weighted by Gasteiger charge is -2.13. The number of halogens is 3. The number of carbonyl (C=O) groups excluding carboxylic acids is 1. The molecule has 1 amide bonds. The van der Waals surface area contributed by atoms with E-state index in [9.17, 15) is 23.1 Å². The highest BCUT2D eigenvalue weighted by Gasteiger charge is 2.31. The normalized spacial score (nSPS) is 12.2. The van der Waals surface area contributed by atoms with Crippen molar-refractivity contribution in [2.24, 2.45) is 0 Å². The SMILES string of the molecule is COc1ccc(-c2nc(C(=O)NC(C)CO)cc(-c3ccc(OC(F)(F)F)cc3)n2)cn1. The molecule has 0 spiro atoms. The van der Waals surface area contributed by atoms with E-state index in [0.717, 1.165) is 12.1 Å². The van der Waals surface area contributed by atoms with Crippen molar-refractivity contribution in [2.45, 2.75) is 19.3 Å². The van der Waals surface area contributed by atoms with Crippen LogP contribution in [0.5, 0.6) is 11.6 Å². The highest BCUT2D eigenvalue weighted by molar-refractivity contribution is 5.94. The summed E-state index contributed by atoms with van der Waals surface area (Å²) in [6.45, 7) is 1.35. The number of rotatable bonds is 7. The van der Waals surface area contributed by atoms with E-state index < -0.39 is 18.3 Å². The van der Waals surface area contributed by atoms with Gasteiger partial charge in [0.1, 0.15) is 11.4 Å². The summed E-state index contributed by atoms with van der Waals surface area (Å²) in [5.74, 6) is -0.380. The monoisotopic (exact) mass is 448 g/mol. The van der Waals surface area contributed by atoms with Gasteiger partial charge in [-0.2, -0.15) is 0 Å². The zero-order valence-electron chi connectivity index (χ0n) is 17.1. The molecule has 3 aromatic rings. The Kier molecular flexibility index (Phi) is 6.89. The third-order valence-electron chi connectivity index (χ3n) is 4.20. The number of aliphatic hydroxyl groups excluding tert-OH is 1. The van der Waals surface area contributed by atoms with Crippen LogP contribution < -0.4 is 14.8 Å². The van der Waals surface area contributed by atoms with E-state index in [1.165, 1.54) is 31.5 Å². The largest absolute Gasteiger partial charge is 0.573 e. The summed E-state index contributed by atoms with van der Waals surface area (Å²) in [6, 6.07) is 9.21. The van der Waals surface area contributed by atoms with E-state index in [4.69, 9.17) is 4.74 Å². The fourth-order valence-electron chi connectivity index (χ4n) is 2.64. The molecule has 0 saturated carbocycles. The van der Waals surface area contributed by atoms with E-state index in [2.05, 4.69) is 25.0 Å². The molecule has 168 valence electrons. The number of benzene rings is 1. The Morgan fingerprint density at radius 1 is 1.12 bits per heavy atom. The first-order valence-electron chi connectivity index (χ1n) is 9.36. The molecule has 1 atom stereocenters. The number of hydrogen-bond acceptors (Lipinski definition) is 7. The van der Waals surface area contributed by atoms with Gasteiger partial charge in [0.15, 0.2) is 5.82 Å². The van der Waals surface area contributed by atoms with Crippen LogP contribution >= 0.6 is 0 Å². The van der Waals surface area contributed by atoms with E-state index >= 15 is 0 Å². The molecule has 32 heavy (non-hydrogen) atoms. The minimum absolute atomic E-state index is 0.0109. The first-order valence-corrected chi connectivity index (χ1v) is 9.36. The van der Waals surface area contributed by atoms with Gasteiger partial charge in [0.2, 0.25) is 5.88 Å². The van der Waals surface area contributed by atoms with Gasteiger partial charge in [-0.25, -0.2) is 15.0 Å². The average Bonchev–Trinajstić information content (AvgIpc) is 2.78. The van der Waals surface area contributed by atoms with Crippen molar-refractivity contribution in [1.29, 1.82) is 0 Å². The second kappa shape index (κ2) is 9.60. The van der Waals surface area contributed by atoms with Crippen molar-refractivity contribution >= 4 is 5.91 Å². The van der Waals surface area contributed by atoms with Crippen molar-refractivity contribution < 1.29 is 32.5 Å². The minimum atomic E-state index is -4.81. The molecule has 2 heterocycles. The molecule has 0 fully saturated rings. The van der Waals surface area contributed by atoms with Crippen molar-refractivity contribution in [3.05, 3.63) is 54.4 Å². The summed E-state index contributed by atoms with van der Waals surface area (Å²) in [4.78, 5) is 25.4. The molecule has 8 nitrogen and oxygen atoms in total. The lowest BCUT2D eigenvalue weighted by Crippen LogP contribution is -2.35. The number of nitrogens with zero attached hydrogens (tertiary/aromatic N) is 3. The molecule has 0 aliphatic rings. The molecule has 0 bridgehead atoms. The standard InChI is InChI=1S/C21H19F3N4O4/c1-12(11-29)26-20(30)17-9-16(13-3-6-15(7-4-13)32-21(22,23)24)27-19(28-17)14-5-8-18(31-2)25-10-14/h3-10,12,29H,11H2,1-2H3,(H,26,30). The molecule has 1 aromatic carbocycles. The number of carbonyl (C=O) groups is 1. The second-order valence-corrected chi connectivity index (χ2v) is 6.68. The zero-order valence-corrected chi connectivity index (χ0v) is 17.1. The maximum atomic E-state index is 12.6. The number of ether oxygens (including phenoxy) is 2. The van der Waals surface area contributed by atoms with Crippen molar-refractivity contribution in [1.82, 2.24) is 20.3 Å². The molecule has 0 aliphatic carbocycles. The third-order valence-corrected chi connectivity index (χ3v) is 4.20. The fraction of sp³-hybridized carbons (Fsp3) is 0.238. The van der Waals surface area contributed by atoms with Crippen LogP contribution in [0, 0.1) is 0 Å². The lowest BCUT2D eigenvalue weighted by atomic mass is 10.1. The average molecular weight is 448 g/mol. The van der Waals surface area contributed by atoms with E-state index in [1.54, 1.807) is 19.1 Å². The third kappa shape index (κ3) is 5.91. The predicted molar refractivity (Wildman–Crippen MR) is 108 cm³/mol. The van der Waals surface area contributed by atoms with Crippen molar-refractivity contribution in [3.8, 4) is 34.3 Å². The number of hydrogen-bond donors (Lipinski definition) is 2. The van der Waals surface area contributed by atoms with Crippen LogP contribution in [0.25, 0.3) is 22.6 Å². The van der Waals surface area contributed by atoms with Crippen molar-refractivity contribution in [3.63, 3.8) is 0 Å². The van der Waals surface area contributed by atoms with Gasteiger partial charge in [0.25, 0.3) is 5.91 Å². The second-order valence-electron chi connectivity index (χ2n) is 6.68. The van der Waals surface area contributed by atoms with Crippen LogP contribution in [-0.4, -0.2) is 52.1 Å². The van der Waals surface area contributed by atoms with Crippen LogP contribution in [0.4, 0.5) is 13.2 Å². The summed E-state index contributed by atoms with van der Waals surface area (Å²) in [7, 11) is 1.47. The molecular formula is C21H19F3N4O4. The van der Waals surface area contributed by atoms with E-state index in [0.29, 0.717) is 22.7 Å². The lowest BCUT2D eigenvalue weighted by molar-refractivity contribution is -0.274. The van der Waals surface area contributed by atoms with Crippen LogP contribution in [0.1, 0.15) is 17.4 Å². The highest BCUT2D eigenvalue weighted by atomic mass is 19.4. The maximum Gasteiger partial charge on any atom is 0.573 e. The first-order chi connectivity index (χ1) is 15.2. The number of aliphatic hydroxyl groups is 1. The predicted octanol–water partition coefficient (Wildman–Crippen LogP) is 3.22. The molecule has 0 radical (unpaired) electrons. The van der Waals surface area contributed by atoms with E-state index in [-0.39, 0.29) is 23.9 Å². The molecule has 3 rings (SSSR count). The molecule has 2 aromatic heterocycles. The number of nitrogens with one attached hydrogen (secondary N) is 1. The zero-order chi connectivity index (χ0) is 23.3. The van der Waals surface area contributed by atoms with Gasteiger partial charge in [-0.3, -0.25) is 4.79 Å². The maximum absolute atomic E-state index is 12.6. The summed E-state index contributed by atoms with van der Waals surface area (Å²) >= 11 is 0. The fourth-order valence-corrected chi connectivity index (χ4v) is 2.64. The molecule has 1 unspecified atom stereocenters. The summed E-state index contributed by atoms with van der Waals surface area (Å²) in [5, 5.41) is 11.8. The molecular weight excluding hydrogens is 429 g/mol. The van der Waals surface area contributed by atoms with Crippen molar-refractivity contribution in [2.75, 3.05) is 13.7 Å². The van der Waals surface area contributed by atoms with Gasteiger partial charge in [0, 0.05) is 29.4 Å². The Bertz CT molecular complexity index is 1070. The van der Waals surface area contributed by atoms with Gasteiger partial charge in [0.05, 0.1) is 19.4 Å². The number of aromatic nitrogens is 3. The van der Waals surface area contributed by atoms with Crippen LogP contribution in [0.2, 0.25) is 0 Å². The number of amides is 1. The Morgan fingerprint density at radius 2 is 1.81 bits per heavy atom. The molecule has 2 N–H and O–H groups in total. The minimum Gasteiger partial charge on any atom is -0.481 e. The summed E-state index contributed by atoms with van der Waals surface area (Å²) in [6.07, 6.45) is -3.34. The quantitative estimate of drug-likeness (QED) is 0.572. The van der Waals surface area contributed by atoms with Gasteiger partial charge in [-0.1, -0.05) is 0 Å².